The quantitative estimate of drug-likeness (QED) is 0.758. The first-order valence-electron chi connectivity index (χ1n) is 6.18. The van der Waals surface area contributed by atoms with Gasteiger partial charge in [-0.05, 0) is 23.8 Å². The average Bonchev–Trinajstić information content (AvgIpc) is 2.94. The molecule has 1 amide bonds. The first-order valence-corrected chi connectivity index (χ1v) is 6.18. The molecule has 105 valence electrons. The van der Waals surface area contributed by atoms with Gasteiger partial charge in [-0.2, -0.15) is 0 Å². The molecule has 2 heterocycles. The van der Waals surface area contributed by atoms with E-state index in [1.54, 1.807) is 12.1 Å². The highest BCUT2D eigenvalue weighted by molar-refractivity contribution is 5.99. The highest BCUT2D eigenvalue weighted by Gasteiger charge is 2.11. The van der Waals surface area contributed by atoms with Crippen molar-refractivity contribution in [1.82, 2.24) is 14.6 Å². The minimum absolute atomic E-state index is 0.257. The third-order valence-electron chi connectivity index (χ3n) is 2.95. The second-order valence-electron chi connectivity index (χ2n) is 4.41. The highest BCUT2D eigenvalue weighted by Crippen LogP contribution is 2.13. The number of imidazole rings is 1. The van der Waals surface area contributed by atoms with Crippen molar-refractivity contribution in [2.24, 2.45) is 5.73 Å². The Balaban J connectivity index is 1.86. The lowest BCUT2D eigenvalue weighted by Crippen LogP contribution is -2.15. The van der Waals surface area contributed by atoms with Crippen LogP contribution in [0, 0.1) is 12.0 Å². The van der Waals surface area contributed by atoms with Gasteiger partial charge in [-0.25, -0.2) is 13.9 Å². The molecule has 21 heavy (non-hydrogen) atoms. The van der Waals surface area contributed by atoms with Gasteiger partial charge in [0.05, 0.1) is 11.8 Å². The van der Waals surface area contributed by atoms with Gasteiger partial charge in [0.25, 0.3) is 5.91 Å². The molecule has 0 aliphatic carbocycles. The fourth-order valence-electron chi connectivity index (χ4n) is 1.92. The summed E-state index contributed by atoms with van der Waals surface area (Å²) < 4.78 is 14.2. The lowest BCUT2D eigenvalue weighted by molar-refractivity contribution is 0.100. The predicted molar refractivity (Wildman–Crippen MR) is 74.1 cm³/mol. The van der Waals surface area contributed by atoms with Crippen LogP contribution in [-0.2, 0) is 6.54 Å². The van der Waals surface area contributed by atoms with E-state index in [0.29, 0.717) is 18.0 Å². The normalized spacial score (nSPS) is 10.7. The molecule has 6 nitrogen and oxygen atoms in total. The summed E-state index contributed by atoms with van der Waals surface area (Å²) >= 11 is 0. The summed E-state index contributed by atoms with van der Waals surface area (Å²) in [4.78, 5) is 15.4. The molecule has 0 unspecified atom stereocenters. The minimum atomic E-state index is -0.591. The summed E-state index contributed by atoms with van der Waals surface area (Å²) in [7, 11) is 0. The number of rotatable bonds is 4. The number of anilines is 1. The molecule has 0 bridgehead atoms. The van der Waals surface area contributed by atoms with Crippen molar-refractivity contribution in [3.63, 3.8) is 0 Å². The van der Waals surface area contributed by atoms with Gasteiger partial charge in [0.15, 0.2) is 5.65 Å². The van der Waals surface area contributed by atoms with Gasteiger partial charge in [0, 0.05) is 6.54 Å². The van der Waals surface area contributed by atoms with Crippen LogP contribution in [0.5, 0.6) is 0 Å². The SMILES string of the molecule is NC(=O)c1cc(NCc2ccc(F)cc2)nn2[c]cnc12. The molecule has 0 fully saturated rings. The van der Waals surface area contributed by atoms with Crippen LogP contribution in [0.2, 0.25) is 0 Å². The second-order valence-corrected chi connectivity index (χ2v) is 4.41. The number of aromatic nitrogens is 3. The largest absolute Gasteiger partial charge is 0.365 e. The third-order valence-corrected chi connectivity index (χ3v) is 2.95. The molecule has 1 radical (unpaired) electrons. The summed E-state index contributed by atoms with van der Waals surface area (Å²) in [5, 5.41) is 7.26. The van der Waals surface area contributed by atoms with Gasteiger partial charge in [-0.15, -0.1) is 5.10 Å². The molecule has 3 aromatic rings. The van der Waals surface area contributed by atoms with Crippen LogP contribution in [0.4, 0.5) is 10.2 Å². The summed E-state index contributed by atoms with van der Waals surface area (Å²) in [6.45, 7) is 0.436. The number of nitrogens with two attached hydrogens (primary N) is 1. The Morgan fingerprint density at radius 2 is 2.14 bits per heavy atom. The lowest BCUT2D eigenvalue weighted by Gasteiger charge is -2.08. The second kappa shape index (κ2) is 5.20. The zero-order chi connectivity index (χ0) is 14.8. The van der Waals surface area contributed by atoms with E-state index in [0.717, 1.165) is 5.56 Å². The first-order chi connectivity index (χ1) is 10.1. The van der Waals surface area contributed by atoms with Crippen molar-refractivity contribution in [2.45, 2.75) is 6.54 Å². The Morgan fingerprint density at radius 1 is 1.38 bits per heavy atom. The Kier molecular flexibility index (Phi) is 3.23. The van der Waals surface area contributed by atoms with E-state index in [9.17, 15) is 9.18 Å². The van der Waals surface area contributed by atoms with E-state index < -0.39 is 5.91 Å². The molecule has 0 spiro atoms. The molecule has 0 aliphatic heterocycles. The van der Waals surface area contributed by atoms with Gasteiger partial charge >= 0.3 is 0 Å². The zero-order valence-electron chi connectivity index (χ0n) is 10.9. The fourth-order valence-corrected chi connectivity index (χ4v) is 1.92. The molecular weight excluding hydrogens is 273 g/mol. The van der Waals surface area contributed by atoms with Gasteiger partial charge in [-0.1, -0.05) is 12.1 Å². The number of amides is 1. The van der Waals surface area contributed by atoms with Crippen LogP contribution in [-0.4, -0.2) is 20.5 Å². The van der Waals surface area contributed by atoms with Crippen LogP contribution in [0.15, 0.2) is 36.5 Å². The number of primary amides is 1. The number of hydrogen-bond donors (Lipinski definition) is 2. The van der Waals surface area contributed by atoms with Crippen LogP contribution < -0.4 is 11.1 Å². The minimum Gasteiger partial charge on any atom is -0.365 e. The van der Waals surface area contributed by atoms with Crippen LogP contribution >= 0.6 is 0 Å². The van der Waals surface area contributed by atoms with Crippen LogP contribution in [0.1, 0.15) is 15.9 Å². The van der Waals surface area contributed by atoms with Crippen molar-refractivity contribution in [2.75, 3.05) is 5.32 Å². The van der Waals surface area contributed by atoms with Gasteiger partial charge in [0.2, 0.25) is 0 Å². The monoisotopic (exact) mass is 284 g/mol. The molecule has 7 heteroatoms. The first kappa shape index (κ1) is 13.0. The zero-order valence-corrected chi connectivity index (χ0v) is 10.9. The van der Waals surface area contributed by atoms with E-state index in [2.05, 4.69) is 21.6 Å². The lowest BCUT2D eigenvalue weighted by atomic mass is 10.2. The summed E-state index contributed by atoms with van der Waals surface area (Å²) in [5.41, 5.74) is 6.82. The molecule has 2 aromatic heterocycles. The van der Waals surface area contributed by atoms with E-state index in [-0.39, 0.29) is 11.4 Å². The Bertz CT molecular complexity index is 797. The van der Waals surface area contributed by atoms with Gasteiger partial charge < -0.3 is 11.1 Å². The number of nitrogens with zero attached hydrogens (tertiary/aromatic N) is 3. The summed E-state index contributed by atoms with van der Waals surface area (Å²) in [6.07, 6.45) is 4.17. The van der Waals surface area contributed by atoms with Crippen molar-refractivity contribution >= 4 is 17.4 Å². The number of nitrogens with one attached hydrogen (secondary N) is 1. The van der Waals surface area contributed by atoms with E-state index in [1.165, 1.54) is 28.9 Å². The van der Waals surface area contributed by atoms with Crippen molar-refractivity contribution < 1.29 is 9.18 Å². The smallest absolute Gasteiger partial charge is 0.252 e. The van der Waals surface area contributed by atoms with E-state index >= 15 is 0 Å². The molecule has 1 aromatic carbocycles. The Labute approximate surface area is 119 Å². The summed E-state index contributed by atoms with van der Waals surface area (Å²) in [6, 6.07) is 7.62. The number of carbonyl (C=O) groups excluding carboxylic acids is 1. The predicted octanol–water partition coefficient (Wildman–Crippen LogP) is 1.38. The molecular formula is C14H11FN5O. The molecule has 0 aliphatic rings. The van der Waals surface area contributed by atoms with Gasteiger partial charge in [0.1, 0.15) is 17.8 Å². The molecule has 3 N–H and O–H groups in total. The number of fused-ring (bicyclic) bond motifs is 1. The average molecular weight is 284 g/mol. The number of hydrogen-bond acceptors (Lipinski definition) is 4. The van der Waals surface area contributed by atoms with Gasteiger partial charge in [-0.3, -0.25) is 4.79 Å². The molecule has 3 rings (SSSR count). The fraction of sp³-hybridized carbons (Fsp3) is 0.0714. The van der Waals surface area contributed by atoms with Crippen molar-refractivity contribution in [3.8, 4) is 0 Å². The Morgan fingerprint density at radius 3 is 2.86 bits per heavy atom. The summed E-state index contributed by atoms with van der Waals surface area (Å²) in [5.74, 6) is -0.427. The maximum Gasteiger partial charge on any atom is 0.252 e. The number of halogens is 1. The molecule has 0 saturated carbocycles. The van der Waals surface area contributed by atoms with E-state index in [4.69, 9.17) is 5.73 Å². The van der Waals surface area contributed by atoms with Crippen LogP contribution in [0.25, 0.3) is 5.65 Å². The van der Waals surface area contributed by atoms with E-state index in [1.807, 2.05) is 0 Å². The maximum absolute atomic E-state index is 12.8. The topological polar surface area (TPSA) is 85.3 Å². The van der Waals surface area contributed by atoms with Crippen LogP contribution in [0.3, 0.4) is 0 Å². The van der Waals surface area contributed by atoms with Crippen molar-refractivity contribution in [3.05, 3.63) is 59.7 Å². The number of benzene rings is 1. The maximum atomic E-state index is 12.8. The highest BCUT2D eigenvalue weighted by atomic mass is 19.1. The Hall–Kier alpha value is -2.96. The molecule has 0 saturated heterocycles. The third kappa shape index (κ3) is 2.66. The standard InChI is InChI=1S/C14H11FN5O/c15-10-3-1-9(2-4-10)8-18-12-7-11(13(16)21)14-17-5-6-20(14)19-12/h1-5,7H,8H2,(H2,16,21)(H,18,19). The number of carbonyl (C=O) groups is 1. The van der Waals surface area contributed by atoms with Crippen molar-refractivity contribution in [1.29, 1.82) is 0 Å². The molecule has 0 atom stereocenters.